The van der Waals surface area contributed by atoms with Crippen LogP contribution < -0.4 is 9.62 Å². The third kappa shape index (κ3) is 4.54. The van der Waals surface area contributed by atoms with Gasteiger partial charge < -0.3 is 4.90 Å². The summed E-state index contributed by atoms with van der Waals surface area (Å²) < 4.78 is 26.8. The fourth-order valence-corrected chi connectivity index (χ4v) is 4.26. The van der Waals surface area contributed by atoms with Gasteiger partial charge in [-0.2, -0.15) is 0 Å². The van der Waals surface area contributed by atoms with E-state index in [9.17, 15) is 13.2 Å². The van der Waals surface area contributed by atoms with Crippen molar-refractivity contribution < 1.29 is 13.2 Å². The van der Waals surface area contributed by atoms with Crippen LogP contribution >= 0.6 is 0 Å². The molecule has 1 atom stereocenters. The molecule has 0 unspecified atom stereocenters. The average molecular weight is 338 g/mol. The molecule has 1 aliphatic heterocycles. The Balaban J connectivity index is 2.21. The monoisotopic (exact) mass is 338 g/mol. The number of benzene rings is 1. The summed E-state index contributed by atoms with van der Waals surface area (Å²) in [5, 5.41) is 0. The standard InChI is InChI=1S/C17H26N2O3S/c1-4-11-23(21,22)18-15(12-13(2)3)17(20)19-10-9-14-7-5-6-8-16(14)19/h5-8,13,15,18H,4,9-12H2,1-3H3/t15-/m1/s1. The zero-order valence-electron chi connectivity index (χ0n) is 14.1. The van der Waals surface area contributed by atoms with Crippen molar-refractivity contribution in [1.82, 2.24) is 4.72 Å². The third-order valence-electron chi connectivity index (χ3n) is 3.95. The molecular weight excluding hydrogens is 312 g/mol. The first-order valence-electron chi connectivity index (χ1n) is 8.23. The number of carbonyl (C=O) groups is 1. The van der Waals surface area contributed by atoms with Crippen LogP contribution in [0.1, 0.15) is 39.2 Å². The lowest BCUT2D eigenvalue weighted by Crippen LogP contribution is -2.49. The summed E-state index contributed by atoms with van der Waals surface area (Å²) in [6.07, 6.45) is 1.85. The molecule has 5 nitrogen and oxygen atoms in total. The number of para-hydroxylation sites is 1. The Morgan fingerprint density at radius 1 is 1.30 bits per heavy atom. The highest BCUT2D eigenvalue weighted by Crippen LogP contribution is 2.28. The molecule has 0 saturated heterocycles. The van der Waals surface area contributed by atoms with E-state index in [2.05, 4.69) is 4.72 Å². The molecule has 1 aliphatic rings. The van der Waals surface area contributed by atoms with Crippen LogP contribution in [0.5, 0.6) is 0 Å². The van der Waals surface area contributed by atoms with Gasteiger partial charge in [0, 0.05) is 12.2 Å². The van der Waals surface area contributed by atoms with E-state index in [0.717, 1.165) is 17.7 Å². The molecule has 1 amide bonds. The van der Waals surface area contributed by atoms with Gasteiger partial charge in [0.1, 0.15) is 6.04 Å². The lowest BCUT2D eigenvalue weighted by molar-refractivity contribution is -0.120. The van der Waals surface area contributed by atoms with Crippen LogP contribution in [0.4, 0.5) is 5.69 Å². The quantitative estimate of drug-likeness (QED) is 0.830. The molecule has 0 spiro atoms. The highest BCUT2D eigenvalue weighted by Gasteiger charge is 2.32. The van der Waals surface area contributed by atoms with E-state index in [-0.39, 0.29) is 17.6 Å². The van der Waals surface area contributed by atoms with Crippen molar-refractivity contribution in [3.05, 3.63) is 29.8 Å². The number of nitrogens with one attached hydrogen (secondary N) is 1. The van der Waals surface area contributed by atoms with Crippen molar-refractivity contribution in [1.29, 1.82) is 0 Å². The summed E-state index contributed by atoms with van der Waals surface area (Å²) >= 11 is 0. The lowest BCUT2D eigenvalue weighted by atomic mass is 10.0. The molecule has 1 aromatic carbocycles. The molecule has 0 fully saturated rings. The van der Waals surface area contributed by atoms with Gasteiger partial charge in [0.25, 0.3) is 0 Å². The number of amides is 1. The predicted octanol–water partition coefficient (Wildman–Crippen LogP) is 2.32. The van der Waals surface area contributed by atoms with Gasteiger partial charge in [0.05, 0.1) is 5.75 Å². The Labute approximate surface area is 139 Å². The van der Waals surface area contributed by atoms with Crippen LogP contribution in [0.3, 0.4) is 0 Å². The van der Waals surface area contributed by atoms with Gasteiger partial charge in [-0.1, -0.05) is 39.0 Å². The second-order valence-electron chi connectivity index (χ2n) is 6.49. The van der Waals surface area contributed by atoms with Crippen molar-refractivity contribution >= 4 is 21.6 Å². The van der Waals surface area contributed by atoms with Gasteiger partial charge in [0.2, 0.25) is 15.9 Å². The molecule has 6 heteroatoms. The molecule has 2 rings (SSSR count). The molecule has 1 heterocycles. The summed E-state index contributed by atoms with van der Waals surface area (Å²) in [4.78, 5) is 14.6. The third-order valence-corrected chi connectivity index (χ3v) is 5.54. The minimum Gasteiger partial charge on any atom is -0.310 e. The molecule has 0 aromatic heterocycles. The zero-order chi connectivity index (χ0) is 17.0. The Hall–Kier alpha value is -1.40. The summed E-state index contributed by atoms with van der Waals surface area (Å²) in [7, 11) is -3.43. The number of rotatable bonds is 7. The number of carbonyl (C=O) groups excluding carboxylic acids is 1. The first kappa shape index (κ1) is 17.9. The summed E-state index contributed by atoms with van der Waals surface area (Å²) in [6, 6.07) is 7.11. The minimum atomic E-state index is -3.43. The Morgan fingerprint density at radius 3 is 2.65 bits per heavy atom. The highest BCUT2D eigenvalue weighted by atomic mass is 32.2. The number of sulfonamides is 1. The Morgan fingerprint density at radius 2 is 2.00 bits per heavy atom. The average Bonchev–Trinajstić information content (AvgIpc) is 2.88. The van der Waals surface area contributed by atoms with Gasteiger partial charge in [-0.15, -0.1) is 0 Å². The maximum atomic E-state index is 12.9. The van der Waals surface area contributed by atoms with E-state index in [4.69, 9.17) is 0 Å². The van der Waals surface area contributed by atoms with Crippen LogP contribution in [0.2, 0.25) is 0 Å². The topological polar surface area (TPSA) is 66.5 Å². The van der Waals surface area contributed by atoms with Crippen molar-refractivity contribution in [3.8, 4) is 0 Å². The van der Waals surface area contributed by atoms with E-state index in [1.807, 2.05) is 45.0 Å². The van der Waals surface area contributed by atoms with E-state index in [1.165, 1.54) is 0 Å². The van der Waals surface area contributed by atoms with Crippen LogP contribution in [0.15, 0.2) is 24.3 Å². The van der Waals surface area contributed by atoms with Crippen LogP contribution in [0.25, 0.3) is 0 Å². The number of hydrogen-bond acceptors (Lipinski definition) is 3. The van der Waals surface area contributed by atoms with Crippen molar-refractivity contribution in [3.63, 3.8) is 0 Å². The van der Waals surface area contributed by atoms with Crippen LogP contribution in [-0.4, -0.2) is 32.7 Å². The lowest BCUT2D eigenvalue weighted by Gasteiger charge is -2.26. The minimum absolute atomic E-state index is 0.0471. The number of nitrogens with zero attached hydrogens (tertiary/aromatic N) is 1. The molecule has 0 bridgehead atoms. The molecule has 23 heavy (non-hydrogen) atoms. The van der Waals surface area contributed by atoms with Gasteiger partial charge >= 0.3 is 0 Å². The fraction of sp³-hybridized carbons (Fsp3) is 0.588. The number of anilines is 1. The molecule has 128 valence electrons. The molecule has 1 aromatic rings. The van der Waals surface area contributed by atoms with Gasteiger partial charge in [0.15, 0.2) is 0 Å². The molecule has 0 aliphatic carbocycles. The first-order valence-corrected chi connectivity index (χ1v) is 9.88. The second kappa shape index (κ2) is 7.45. The number of hydrogen-bond donors (Lipinski definition) is 1. The largest absolute Gasteiger partial charge is 0.310 e. The maximum Gasteiger partial charge on any atom is 0.245 e. The summed E-state index contributed by atoms with van der Waals surface area (Å²) in [5.74, 6) is 0.125. The Kier molecular flexibility index (Phi) is 5.81. The van der Waals surface area contributed by atoms with Crippen LogP contribution in [0, 0.1) is 5.92 Å². The van der Waals surface area contributed by atoms with Crippen molar-refractivity contribution in [2.24, 2.45) is 5.92 Å². The van der Waals surface area contributed by atoms with Gasteiger partial charge in [-0.05, 0) is 36.8 Å². The number of fused-ring (bicyclic) bond motifs is 1. The molecular formula is C17H26N2O3S. The first-order chi connectivity index (χ1) is 10.8. The smallest absolute Gasteiger partial charge is 0.245 e. The van der Waals surface area contributed by atoms with E-state index in [1.54, 1.807) is 4.90 Å². The zero-order valence-corrected chi connectivity index (χ0v) is 14.9. The fourth-order valence-electron chi connectivity index (χ4n) is 2.97. The van der Waals surface area contributed by atoms with Crippen molar-refractivity contribution in [2.45, 2.75) is 46.1 Å². The predicted molar refractivity (Wildman–Crippen MR) is 93.0 cm³/mol. The molecule has 1 N–H and O–H groups in total. The van der Waals surface area contributed by atoms with Crippen molar-refractivity contribution in [2.75, 3.05) is 17.2 Å². The van der Waals surface area contributed by atoms with Gasteiger partial charge in [-0.25, -0.2) is 13.1 Å². The summed E-state index contributed by atoms with van der Waals surface area (Å²) in [5.41, 5.74) is 2.04. The van der Waals surface area contributed by atoms with Crippen LogP contribution in [-0.2, 0) is 21.2 Å². The Bertz CT molecular complexity index is 656. The highest BCUT2D eigenvalue weighted by molar-refractivity contribution is 7.89. The molecule has 0 radical (unpaired) electrons. The second-order valence-corrected chi connectivity index (χ2v) is 8.36. The normalized spacial score (nSPS) is 15.7. The SMILES string of the molecule is CCCS(=O)(=O)N[C@H](CC(C)C)C(=O)N1CCc2ccccc21. The maximum absolute atomic E-state index is 12.9. The van der Waals surface area contributed by atoms with E-state index in [0.29, 0.717) is 19.4 Å². The van der Waals surface area contributed by atoms with E-state index < -0.39 is 16.1 Å². The summed E-state index contributed by atoms with van der Waals surface area (Å²) in [6.45, 7) is 6.41. The van der Waals surface area contributed by atoms with Gasteiger partial charge in [-0.3, -0.25) is 4.79 Å². The van der Waals surface area contributed by atoms with E-state index >= 15 is 0 Å². The molecule has 0 saturated carbocycles.